The number of benzene rings is 2. The van der Waals surface area contributed by atoms with Gasteiger partial charge in [0, 0.05) is 13.1 Å². The zero-order valence-corrected chi connectivity index (χ0v) is 19.4. The van der Waals surface area contributed by atoms with Gasteiger partial charge in [0.15, 0.2) is 0 Å². The maximum absolute atomic E-state index is 12.7. The molecule has 1 N–H and O–H groups in total. The van der Waals surface area contributed by atoms with E-state index >= 15 is 0 Å². The maximum atomic E-state index is 12.7. The summed E-state index contributed by atoms with van der Waals surface area (Å²) in [4.78, 5) is 26.0. The summed E-state index contributed by atoms with van der Waals surface area (Å²) in [6.07, 6.45) is -0.0130. The molecule has 1 saturated heterocycles. The fourth-order valence-corrected chi connectivity index (χ4v) is 4.11. The van der Waals surface area contributed by atoms with Crippen LogP contribution in [0.2, 0.25) is 0 Å². The van der Waals surface area contributed by atoms with E-state index in [1.54, 1.807) is 12.1 Å². The van der Waals surface area contributed by atoms with Crippen molar-refractivity contribution < 1.29 is 31.7 Å². The number of alkyl carbamates (subject to hydrolysis) is 1. The van der Waals surface area contributed by atoms with Gasteiger partial charge in [-0.3, -0.25) is 8.98 Å². The highest BCUT2D eigenvalue weighted by atomic mass is 32.2. The Morgan fingerprint density at radius 1 is 1.09 bits per heavy atom. The van der Waals surface area contributed by atoms with Crippen molar-refractivity contribution in [2.75, 3.05) is 19.4 Å². The van der Waals surface area contributed by atoms with Crippen molar-refractivity contribution in [3.8, 4) is 11.5 Å². The van der Waals surface area contributed by atoms with Gasteiger partial charge in [0.05, 0.1) is 18.7 Å². The molecule has 1 aliphatic heterocycles. The van der Waals surface area contributed by atoms with Crippen LogP contribution in [0.4, 0.5) is 4.79 Å². The summed E-state index contributed by atoms with van der Waals surface area (Å²) in [7, 11) is -3.80. The number of nitrogens with zero attached hydrogens (tertiary/aromatic N) is 1. The predicted octanol–water partition coefficient (Wildman–Crippen LogP) is 3.06. The molecule has 178 valence electrons. The second-order valence-corrected chi connectivity index (χ2v) is 9.32. The normalized spacial score (nSPS) is 18.2. The van der Waals surface area contributed by atoms with Crippen molar-refractivity contribution in [2.24, 2.45) is 0 Å². The summed E-state index contributed by atoms with van der Waals surface area (Å²) >= 11 is 0. The van der Waals surface area contributed by atoms with Crippen molar-refractivity contribution >= 4 is 22.1 Å². The monoisotopic (exact) mass is 476 g/mol. The molecule has 0 bridgehead atoms. The van der Waals surface area contributed by atoms with E-state index in [0.717, 1.165) is 18.2 Å². The molecular weight excluding hydrogens is 448 g/mol. The number of likely N-dealkylation sites (tertiary alicyclic amines) is 1. The highest BCUT2D eigenvalue weighted by molar-refractivity contribution is 7.86. The lowest BCUT2D eigenvalue weighted by Crippen LogP contribution is -2.43. The molecule has 0 radical (unpaired) electrons. The van der Waals surface area contributed by atoms with Gasteiger partial charge in [-0.2, -0.15) is 8.42 Å². The molecule has 1 fully saturated rings. The molecule has 0 aromatic heterocycles. The number of carbonyl (C=O) groups is 2. The number of nitrogens with one attached hydrogen (secondary N) is 1. The summed E-state index contributed by atoms with van der Waals surface area (Å²) in [5.74, 6) is 1.07. The maximum Gasteiger partial charge on any atom is 0.407 e. The molecule has 33 heavy (non-hydrogen) atoms. The zero-order valence-electron chi connectivity index (χ0n) is 18.6. The third-order valence-corrected chi connectivity index (χ3v) is 5.58. The third-order valence-electron chi connectivity index (χ3n) is 4.98. The molecule has 0 unspecified atom stereocenters. The van der Waals surface area contributed by atoms with E-state index in [9.17, 15) is 18.0 Å². The topological polar surface area (TPSA) is 111 Å². The van der Waals surface area contributed by atoms with Crippen molar-refractivity contribution in [1.82, 2.24) is 10.2 Å². The second kappa shape index (κ2) is 11.2. The van der Waals surface area contributed by atoms with Gasteiger partial charge in [-0.25, -0.2) is 4.79 Å². The summed E-state index contributed by atoms with van der Waals surface area (Å²) in [6, 6.07) is 15.8. The minimum absolute atomic E-state index is 0.118. The Labute approximate surface area is 193 Å². The standard InChI is InChI=1S/C23H28N2O7S/c1-3-13-24-23(27)30-16-20-21(32-33(2,28)29)14-22(26)25(20)15-17-9-11-19(12-10-17)31-18-7-5-4-6-8-18/h4-12,20-21H,3,13-16H2,1-2H3,(H,24,27)/t20-,21-/m0/s1. The first kappa shape index (κ1) is 24.5. The van der Waals surface area contributed by atoms with Gasteiger partial charge in [0.2, 0.25) is 5.91 Å². The molecule has 3 rings (SSSR count). The van der Waals surface area contributed by atoms with Crippen LogP contribution in [0.5, 0.6) is 11.5 Å². The highest BCUT2D eigenvalue weighted by Gasteiger charge is 2.43. The fourth-order valence-electron chi connectivity index (χ4n) is 3.46. The van der Waals surface area contributed by atoms with E-state index in [1.807, 2.05) is 49.4 Å². The van der Waals surface area contributed by atoms with Gasteiger partial charge in [0.25, 0.3) is 10.1 Å². The Balaban J connectivity index is 1.69. The Kier molecular flexibility index (Phi) is 8.29. The van der Waals surface area contributed by atoms with E-state index in [0.29, 0.717) is 18.0 Å². The van der Waals surface area contributed by atoms with Gasteiger partial charge < -0.3 is 19.7 Å². The number of carbonyl (C=O) groups excluding carboxylic acids is 2. The fraction of sp³-hybridized carbons (Fsp3) is 0.391. The van der Waals surface area contributed by atoms with Crippen molar-refractivity contribution in [1.29, 1.82) is 0 Å². The number of hydrogen-bond donors (Lipinski definition) is 1. The van der Waals surface area contributed by atoms with E-state index in [1.165, 1.54) is 4.90 Å². The first-order chi connectivity index (χ1) is 15.7. The first-order valence-corrected chi connectivity index (χ1v) is 12.5. The molecule has 0 spiro atoms. The van der Waals surface area contributed by atoms with Crippen LogP contribution in [0.3, 0.4) is 0 Å². The molecule has 2 atom stereocenters. The average Bonchev–Trinajstić information content (AvgIpc) is 3.05. The van der Waals surface area contributed by atoms with Crippen LogP contribution in [0.25, 0.3) is 0 Å². The SMILES string of the molecule is CCCNC(=O)OC[C@H]1[C@@H](OS(C)(=O)=O)CC(=O)N1Cc1ccc(Oc2ccccc2)cc1. The second-order valence-electron chi connectivity index (χ2n) is 7.72. The summed E-state index contributed by atoms with van der Waals surface area (Å²) < 4.78 is 39.5. The highest BCUT2D eigenvalue weighted by Crippen LogP contribution is 2.27. The van der Waals surface area contributed by atoms with Crippen molar-refractivity contribution in [3.63, 3.8) is 0 Å². The number of ether oxygens (including phenoxy) is 2. The minimum Gasteiger partial charge on any atom is -0.457 e. The number of para-hydroxylation sites is 1. The molecule has 10 heteroatoms. The number of rotatable bonds is 10. The summed E-state index contributed by atoms with van der Waals surface area (Å²) in [5.41, 5.74) is 0.809. The van der Waals surface area contributed by atoms with Crippen LogP contribution in [-0.2, 0) is 30.4 Å². The van der Waals surface area contributed by atoms with Gasteiger partial charge in [-0.1, -0.05) is 37.3 Å². The van der Waals surface area contributed by atoms with Crippen molar-refractivity contribution in [3.05, 3.63) is 60.2 Å². The minimum atomic E-state index is -3.80. The van der Waals surface area contributed by atoms with Gasteiger partial charge >= 0.3 is 6.09 Å². The molecule has 1 heterocycles. The largest absolute Gasteiger partial charge is 0.457 e. The molecule has 0 aliphatic carbocycles. The molecule has 1 aliphatic rings. The van der Waals surface area contributed by atoms with Crippen LogP contribution >= 0.6 is 0 Å². The van der Waals surface area contributed by atoms with Gasteiger partial charge in [0.1, 0.15) is 24.2 Å². The molecule has 2 aromatic carbocycles. The molecule has 0 saturated carbocycles. The van der Waals surface area contributed by atoms with Gasteiger partial charge in [-0.15, -0.1) is 0 Å². The molecule has 2 aromatic rings. The lowest BCUT2D eigenvalue weighted by atomic mass is 10.1. The third kappa shape index (κ3) is 7.47. The van der Waals surface area contributed by atoms with Crippen molar-refractivity contribution in [2.45, 2.75) is 38.5 Å². The zero-order chi connectivity index (χ0) is 23.8. The Hall–Kier alpha value is -3.11. The Morgan fingerprint density at radius 2 is 1.76 bits per heavy atom. The quantitative estimate of drug-likeness (QED) is 0.525. The summed E-state index contributed by atoms with van der Waals surface area (Å²) in [6.45, 7) is 2.38. The number of hydrogen-bond acceptors (Lipinski definition) is 7. The van der Waals surface area contributed by atoms with E-state index < -0.39 is 28.4 Å². The first-order valence-electron chi connectivity index (χ1n) is 10.7. The van der Waals surface area contributed by atoms with E-state index in [4.69, 9.17) is 13.7 Å². The number of amides is 2. The van der Waals surface area contributed by atoms with Crippen LogP contribution in [0, 0.1) is 0 Å². The molecule has 9 nitrogen and oxygen atoms in total. The Bertz CT molecular complexity index is 1040. The van der Waals surface area contributed by atoms with Crippen LogP contribution < -0.4 is 10.1 Å². The van der Waals surface area contributed by atoms with Crippen LogP contribution in [0.15, 0.2) is 54.6 Å². The molecule has 2 amide bonds. The smallest absolute Gasteiger partial charge is 0.407 e. The lowest BCUT2D eigenvalue weighted by molar-refractivity contribution is -0.130. The summed E-state index contributed by atoms with van der Waals surface area (Å²) in [5, 5.41) is 2.58. The van der Waals surface area contributed by atoms with Crippen LogP contribution in [-0.4, -0.2) is 56.9 Å². The predicted molar refractivity (Wildman–Crippen MR) is 121 cm³/mol. The lowest BCUT2D eigenvalue weighted by Gasteiger charge is -2.27. The van der Waals surface area contributed by atoms with Gasteiger partial charge in [-0.05, 0) is 36.2 Å². The molecular formula is C23H28N2O7S. The average molecular weight is 477 g/mol. The Morgan fingerprint density at radius 3 is 2.39 bits per heavy atom. The van der Waals surface area contributed by atoms with E-state index in [-0.39, 0.29) is 25.5 Å². The van der Waals surface area contributed by atoms with Crippen LogP contribution in [0.1, 0.15) is 25.3 Å². The van der Waals surface area contributed by atoms with E-state index in [2.05, 4.69) is 5.32 Å².